The maximum absolute atomic E-state index is 3.92. The molecular formula is C29H29NS. The third kappa shape index (κ3) is 5.50. The Morgan fingerprint density at radius 3 is 2.10 bits per heavy atom. The van der Waals surface area contributed by atoms with Crippen LogP contribution in [0.1, 0.15) is 6.92 Å². The van der Waals surface area contributed by atoms with Crippen LogP contribution in [0, 0.1) is 0 Å². The molecule has 0 fully saturated rings. The van der Waals surface area contributed by atoms with Crippen LogP contribution in [-0.4, -0.2) is 0 Å². The number of fused-ring (bicyclic) bond motifs is 1. The Balaban J connectivity index is 3.03. The molecule has 0 aliphatic carbocycles. The molecule has 0 unspecified atom stereocenters. The van der Waals surface area contributed by atoms with Crippen molar-refractivity contribution in [2.24, 2.45) is 0 Å². The predicted molar refractivity (Wildman–Crippen MR) is 144 cm³/mol. The molecule has 1 aromatic carbocycles. The first kappa shape index (κ1) is 23.7. The van der Waals surface area contributed by atoms with E-state index >= 15 is 0 Å². The van der Waals surface area contributed by atoms with Crippen molar-refractivity contribution in [2.45, 2.75) is 6.92 Å². The minimum Gasteiger partial charge on any atom is -0.309 e. The van der Waals surface area contributed by atoms with Gasteiger partial charge in [-0.25, -0.2) is 0 Å². The van der Waals surface area contributed by atoms with Crippen LogP contribution in [0.25, 0.3) is 22.2 Å². The maximum Gasteiger partial charge on any atom is 0.0640 e. The van der Waals surface area contributed by atoms with E-state index < -0.39 is 0 Å². The molecule has 0 aliphatic heterocycles. The van der Waals surface area contributed by atoms with Crippen molar-refractivity contribution in [3.05, 3.63) is 139 Å². The molecule has 0 N–H and O–H groups in total. The van der Waals surface area contributed by atoms with E-state index in [-0.39, 0.29) is 0 Å². The highest BCUT2D eigenvalue weighted by atomic mass is 32.1. The summed E-state index contributed by atoms with van der Waals surface area (Å²) in [7, 11) is 0. The van der Waals surface area contributed by atoms with Gasteiger partial charge in [0.25, 0.3) is 0 Å². The van der Waals surface area contributed by atoms with Crippen LogP contribution < -0.4 is 14.7 Å². The lowest BCUT2D eigenvalue weighted by atomic mass is 10.1. The van der Waals surface area contributed by atoms with Crippen LogP contribution in [0.15, 0.2) is 129 Å². The van der Waals surface area contributed by atoms with Gasteiger partial charge in [0, 0.05) is 26.5 Å². The molecule has 0 amide bonds. The lowest BCUT2D eigenvalue weighted by Crippen LogP contribution is -2.20. The van der Waals surface area contributed by atoms with Gasteiger partial charge >= 0.3 is 0 Å². The van der Waals surface area contributed by atoms with Crippen molar-refractivity contribution in [1.82, 2.24) is 0 Å². The minimum atomic E-state index is 0.963. The van der Waals surface area contributed by atoms with Gasteiger partial charge in [0.1, 0.15) is 0 Å². The van der Waals surface area contributed by atoms with E-state index in [9.17, 15) is 0 Å². The number of hydrogen-bond acceptors (Lipinski definition) is 2. The van der Waals surface area contributed by atoms with E-state index in [1.165, 1.54) is 10.1 Å². The van der Waals surface area contributed by atoms with Gasteiger partial charge in [-0.2, -0.15) is 0 Å². The summed E-state index contributed by atoms with van der Waals surface area (Å²) in [4.78, 5) is 2.21. The van der Waals surface area contributed by atoms with Gasteiger partial charge in [-0.05, 0) is 43.4 Å². The second kappa shape index (κ2) is 12.2. The molecule has 1 nitrogen and oxygen atoms in total. The lowest BCUT2D eigenvalue weighted by Gasteiger charge is -2.27. The highest BCUT2D eigenvalue weighted by molar-refractivity contribution is 7.17. The SMILES string of the molecule is C=C/C=C\C(=C/C=C)N(C(/C=C\C)=C/C=C)c1cccc2c(=C/C=C)/c(=C\C=C)sc12. The van der Waals surface area contributed by atoms with Gasteiger partial charge in [-0.15, -0.1) is 11.3 Å². The Bertz CT molecular complexity index is 1230. The number of allylic oxidation sites excluding steroid dienone is 11. The van der Waals surface area contributed by atoms with Gasteiger partial charge in [-0.3, -0.25) is 0 Å². The molecule has 0 saturated carbocycles. The fraction of sp³-hybridized carbons (Fsp3) is 0.0345. The van der Waals surface area contributed by atoms with E-state index in [4.69, 9.17) is 0 Å². The van der Waals surface area contributed by atoms with E-state index in [1.54, 1.807) is 29.6 Å². The summed E-state index contributed by atoms with van der Waals surface area (Å²) in [6, 6.07) is 6.36. The maximum atomic E-state index is 3.92. The number of hydrogen-bond donors (Lipinski definition) is 0. The van der Waals surface area contributed by atoms with Crippen molar-refractivity contribution < 1.29 is 0 Å². The summed E-state index contributed by atoms with van der Waals surface area (Å²) in [5.74, 6) is 0. The van der Waals surface area contributed by atoms with Crippen LogP contribution in [-0.2, 0) is 0 Å². The molecule has 31 heavy (non-hydrogen) atoms. The largest absolute Gasteiger partial charge is 0.309 e. The van der Waals surface area contributed by atoms with Crippen LogP contribution in [0.4, 0.5) is 5.69 Å². The predicted octanol–water partition coefficient (Wildman–Crippen LogP) is 7.10. The number of anilines is 1. The number of benzene rings is 1. The fourth-order valence-corrected chi connectivity index (χ4v) is 4.48. The van der Waals surface area contributed by atoms with Crippen LogP contribution in [0.3, 0.4) is 0 Å². The lowest BCUT2D eigenvalue weighted by molar-refractivity contribution is 1.15. The van der Waals surface area contributed by atoms with E-state index in [0.717, 1.165) is 26.8 Å². The normalized spacial score (nSPS) is 13.8. The molecule has 2 aromatic rings. The molecule has 0 radical (unpaired) electrons. The summed E-state index contributed by atoms with van der Waals surface area (Å²) in [6.07, 6.45) is 25.1. The molecule has 1 aromatic heterocycles. The topological polar surface area (TPSA) is 3.24 Å². The van der Waals surface area contributed by atoms with Gasteiger partial charge < -0.3 is 4.90 Å². The second-order valence-electron chi connectivity index (χ2n) is 6.42. The van der Waals surface area contributed by atoms with E-state index in [1.807, 2.05) is 61.6 Å². The number of thiophene rings is 1. The van der Waals surface area contributed by atoms with Crippen molar-refractivity contribution >= 4 is 39.3 Å². The van der Waals surface area contributed by atoms with Crippen LogP contribution in [0.5, 0.6) is 0 Å². The van der Waals surface area contributed by atoms with E-state index in [2.05, 4.69) is 62.1 Å². The zero-order valence-electron chi connectivity index (χ0n) is 18.1. The summed E-state index contributed by atoms with van der Waals surface area (Å²) in [6.45, 7) is 21.4. The molecule has 0 atom stereocenters. The third-order valence-electron chi connectivity index (χ3n) is 4.39. The highest BCUT2D eigenvalue weighted by Gasteiger charge is 2.17. The summed E-state index contributed by atoms with van der Waals surface area (Å²) >= 11 is 1.73. The molecule has 2 rings (SSSR count). The molecule has 0 bridgehead atoms. The molecule has 156 valence electrons. The van der Waals surface area contributed by atoms with Crippen molar-refractivity contribution in [1.29, 1.82) is 0 Å². The summed E-state index contributed by atoms with van der Waals surface area (Å²) in [5, 5.41) is 2.32. The van der Waals surface area contributed by atoms with Crippen LogP contribution >= 0.6 is 11.3 Å². The van der Waals surface area contributed by atoms with Gasteiger partial charge in [-0.1, -0.05) is 93.6 Å². The molecule has 1 heterocycles. The molecule has 0 aliphatic rings. The first-order valence-electron chi connectivity index (χ1n) is 10.0. The third-order valence-corrected chi connectivity index (χ3v) is 5.60. The standard InChI is InChI=1S/C29H29NS/c1-7-13-20-24(17-10-4)30(23(15-8-2)16-9-3)27-22-14-21-26-25(18-11-5)28(19-12-6)31-29(26)27/h7-22H,1-2,4-6H2,3H3/b16-9-,20-13-,23-15+,24-17+,25-18-,28-19+. The number of rotatable bonds is 10. The zero-order chi connectivity index (χ0) is 22.6. The first-order chi connectivity index (χ1) is 15.2. The monoisotopic (exact) mass is 423 g/mol. The van der Waals surface area contributed by atoms with E-state index in [0.29, 0.717) is 0 Å². The quantitative estimate of drug-likeness (QED) is 0.368. The number of nitrogens with zero attached hydrogens (tertiary/aromatic N) is 1. The van der Waals surface area contributed by atoms with Crippen molar-refractivity contribution in [2.75, 3.05) is 4.90 Å². The minimum absolute atomic E-state index is 0.963. The van der Waals surface area contributed by atoms with Gasteiger partial charge in [0.15, 0.2) is 0 Å². The first-order valence-corrected chi connectivity index (χ1v) is 10.8. The molecule has 2 heteroatoms. The zero-order valence-corrected chi connectivity index (χ0v) is 18.9. The average molecular weight is 424 g/mol. The van der Waals surface area contributed by atoms with Crippen LogP contribution in [0.2, 0.25) is 0 Å². The Labute approximate surface area is 190 Å². The highest BCUT2D eigenvalue weighted by Crippen LogP contribution is 2.34. The Morgan fingerprint density at radius 1 is 0.839 bits per heavy atom. The Hall–Kier alpha value is -3.62. The molecular weight excluding hydrogens is 394 g/mol. The van der Waals surface area contributed by atoms with Crippen molar-refractivity contribution in [3.8, 4) is 0 Å². The smallest absolute Gasteiger partial charge is 0.0640 e. The Morgan fingerprint density at radius 2 is 1.52 bits per heavy atom. The summed E-state index contributed by atoms with van der Waals surface area (Å²) in [5.41, 5.74) is 3.02. The second-order valence-corrected chi connectivity index (χ2v) is 7.48. The molecule has 0 spiro atoms. The van der Waals surface area contributed by atoms with Crippen molar-refractivity contribution in [3.63, 3.8) is 0 Å². The Kier molecular flexibility index (Phi) is 9.28. The summed E-state index contributed by atoms with van der Waals surface area (Å²) < 4.78 is 2.32. The fourth-order valence-electron chi connectivity index (χ4n) is 3.25. The molecule has 0 saturated heterocycles. The average Bonchev–Trinajstić information content (AvgIpc) is 3.11. The van der Waals surface area contributed by atoms with Gasteiger partial charge in [0.2, 0.25) is 0 Å². The van der Waals surface area contributed by atoms with Gasteiger partial charge in [0.05, 0.1) is 10.4 Å².